The molecule has 1 amide bonds. The van der Waals surface area contributed by atoms with Crippen molar-refractivity contribution in [2.75, 3.05) is 36.4 Å². The molecular weight excluding hydrogens is 404 g/mol. The average molecular weight is 422 g/mol. The summed E-state index contributed by atoms with van der Waals surface area (Å²) in [7, 11) is 0. The number of anilines is 2. The average Bonchev–Trinajstić information content (AvgIpc) is 3.38. The van der Waals surface area contributed by atoms with Gasteiger partial charge >= 0.3 is 5.69 Å². The highest BCUT2D eigenvalue weighted by Crippen LogP contribution is 2.26. The molecule has 3 N–H and O–H groups in total. The van der Waals surface area contributed by atoms with Crippen molar-refractivity contribution in [1.29, 1.82) is 0 Å². The number of H-pyrrole nitrogens is 1. The topological polar surface area (TPSA) is 121 Å². The molecule has 1 aliphatic heterocycles. The fourth-order valence-electron chi connectivity index (χ4n) is 3.48. The minimum atomic E-state index is -0.393. The molecule has 0 spiro atoms. The molecule has 0 bridgehead atoms. The second kappa shape index (κ2) is 7.69. The van der Waals surface area contributed by atoms with Crippen molar-refractivity contribution in [3.63, 3.8) is 0 Å². The maximum absolute atomic E-state index is 12.8. The molecule has 152 valence electrons. The molecule has 30 heavy (non-hydrogen) atoms. The zero-order valence-electron chi connectivity index (χ0n) is 15.8. The summed E-state index contributed by atoms with van der Waals surface area (Å²) in [5, 5.41) is 14.7. The smallest absolute Gasteiger partial charge is 0.332 e. The normalized spacial score (nSPS) is 14.2. The van der Waals surface area contributed by atoms with Crippen LogP contribution in [0, 0.1) is 0 Å². The number of imidazole rings is 1. The third kappa shape index (κ3) is 3.33. The van der Waals surface area contributed by atoms with Crippen LogP contribution < -0.4 is 21.2 Å². The van der Waals surface area contributed by atoms with Gasteiger partial charge in [-0.15, -0.1) is 10.2 Å². The summed E-state index contributed by atoms with van der Waals surface area (Å²) in [6.07, 6.45) is 3.33. The van der Waals surface area contributed by atoms with Gasteiger partial charge in [-0.3, -0.25) is 9.78 Å². The van der Waals surface area contributed by atoms with E-state index in [4.69, 9.17) is 0 Å². The number of nitrogens with one attached hydrogen (secondary N) is 3. The minimum Gasteiger partial charge on any atom is -0.367 e. The van der Waals surface area contributed by atoms with Crippen LogP contribution >= 0.6 is 11.3 Å². The number of aromatic amines is 1. The molecule has 0 saturated carbocycles. The van der Waals surface area contributed by atoms with Crippen LogP contribution in [0.2, 0.25) is 0 Å². The number of carbonyl (C=O) groups excluding carboxylic acids is 1. The lowest BCUT2D eigenvalue weighted by atomic mass is 10.2. The molecule has 0 unspecified atom stereocenters. The predicted molar refractivity (Wildman–Crippen MR) is 115 cm³/mol. The molecule has 5 rings (SSSR count). The Morgan fingerprint density at radius 1 is 1.13 bits per heavy atom. The second-order valence-corrected chi connectivity index (χ2v) is 7.71. The number of aromatic nitrogens is 5. The molecule has 1 aliphatic rings. The Balaban J connectivity index is 1.42. The number of para-hydroxylation sites is 2. The van der Waals surface area contributed by atoms with Crippen LogP contribution in [0.25, 0.3) is 16.2 Å². The summed E-state index contributed by atoms with van der Waals surface area (Å²) < 4.78 is 1.42. The Morgan fingerprint density at radius 2 is 1.97 bits per heavy atom. The van der Waals surface area contributed by atoms with Gasteiger partial charge in [-0.1, -0.05) is 23.5 Å². The minimum absolute atomic E-state index is 0.164. The molecule has 1 fully saturated rings. The standard InChI is InChI=1S/C19H18N8O2S/c28-16(22-13-11-21-6-5-14(13)26-9-7-20-8-10-26)17-24-25-19(30-17)27-15-4-2-1-3-12(15)23-18(27)29/h1-6,11,20H,7-10H2,(H,22,28)(H,23,29). The highest BCUT2D eigenvalue weighted by molar-refractivity contribution is 7.15. The number of carbonyl (C=O) groups is 1. The SMILES string of the molecule is O=C(Nc1cnccc1N1CCNCC1)c1nnc(-n2c(=O)[nH]c3ccccc32)s1. The van der Waals surface area contributed by atoms with Gasteiger partial charge in [0, 0.05) is 32.4 Å². The van der Waals surface area contributed by atoms with Crippen molar-refractivity contribution >= 4 is 39.7 Å². The first-order chi connectivity index (χ1) is 14.7. The lowest BCUT2D eigenvalue weighted by molar-refractivity contribution is 0.102. The molecule has 0 radical (unpaired) electrons. The molecule has 3 aromatic heterocycles. The van der Waals surface area contributed by atoms with Gasteiger partial charge in [0.25, 0.3) is 5.91 Å². The Kier molecular flexibility index (Phi) is 4.73. The lowest BCUT2D eigenvalue weighted by Crippen LogP contribution is -2.43. The van der Waals surface area contributed by atoms with Crippen LogP contribution in [0.3, 0.4) is 0 Å². The predicted octanol–water partition coefficient (Wildman–Crippen LogP) is 1.23. The summed E-state index contributed by atoms with van der Waals surface area (Å²) >= 11 is 1.05. The van der Waals surface area contributed by atoms with E-state index in [0.717, 1.165) is 43.2 Å². The van der Waals surface area contributed by atoms with E-state index in [-0.39, 0.29) is 10.7 Å². The zero-order chi connectivity index (χ0) is 20.5. The molecule has 1 saturated heterocycles. The van der Waals surface area contributed by atoms with Gasteiger partial charge in [0.2, 0.25) is 10.1 Å². The van der Waals surface area contributed by atoms with Crippen molar-refractivity contribution in [3.05, 3.63) is 58.2 Å². The molecule has 10 nitrogen and oxygen atoms in total. The molecule has 11 heteroatoms. The number of nitrogens with zero attached hydrogens (tertiary/aromatic N) is 5. The first kappa shape index (κ1) is 18.5. The molecule has 1 aromatic carbocycles. The van der Waals surface area contributed by atoms with E-state index in [1.165, 1.54) is 4.57 Å². The van der Waals surface area contributed by atoms with Gasteiger partial charge in [0.15, 0.2) is 0 Å². The van der Waals surface area contributed by atoms with Gasteiger partial charge in [-0.25, -0.2) is 9.36 Å². The molecular formula is C19H18N8O2S. The van der Waals surface area contributed by atoms with E-state index < -0.39 is 5.91 Å². The number of fused-ring (bicyclic) bond motifs is 1. The number of piperazine rings is 1. The zero-order valence-corrected chi connectivity index (χ0v) is 16.6. The second-order valence-electron chi connectivity index (χ2n) is 6.76. The molecule has 4 heterocycles. The highest BCUT2D eigenvalue weighted by atomic mass is 32.1. The van der Waals surface area contributed by atoms with E-state index in [9.17, 15) is 9.59 Å². The van der Waals surface area contributed by atoms with Gasteiger partial charge in [0.1, 0.15) is 0 Å². The third-order valence-electron chi connectivity index (χ3n) is 4.89. The number of hydrogen-bond donors (Lipinski definition) is 3. The van der Waals surface area contributed by atoms with Crippen molar-refractivity contribution in [1.82, 2.24) is 30.0 Å². The molecule has 0 aliphatic carbocycles. The van der Waals surface area contributed by atoms with Gasteiger partial charge in [-0.2, -0.15) is 0 Å². The Labute approximate surface area is 174 Å². The van der Waals surface area contributed by atoms with Crippen molar-refractivity contribution in [2.24, 2.45) is 0 Å². The van der Waals surface area contributed by atoms with Crippen LogP contribution in [0.1, 0.15) is 9.80 Å². The number of amides is 1. The summed E-state index contributed by atoms with van der Waals surface area (Å²) in [5.41, 5.74) is 2.58. The summed E-state index contributed by atoms with van der Waals surface area (Å²) in [5.74, 6) is -0.393. The first-order valence-electron chi connectivity index (χ1n) is 9.45. The largest absolute Gasteiger partial charge is 0.367 e. The Bertz CT molecular complexity index is 1270. The summed E-state index contributed by atoms with van der Waals surface area (Å²) in [6.45, 7) is 3.46. The Morgan fingerprint density at radius 3 is 2.83 bits per heavy atom. The van der Waals surface area contributed by atoms with Crippen LogP contribution in [-0.2, 0) is 0 Å². The first-order valence-corrected chi connectivity index (χ1v) is 10.3. The molecule has 0 atom stereocenters. The quantitative estimate of drug-likeness (QED) is 0.452. The maximum atomic E-state index is 12.8. The fraction of sp³-hybridized carbons (Fsp3) is 0.211. The number of pyridine rings is 1. The van der Waals surface area contributed by atoms with E-state index in [1.807, 2.05) is 30.3 Å². The van der Waals surface area contributed by atoms with Crippen LogP contribution in [0.5, 0.6) is 0 Å². The van der Waals surface area contributed by atoms with Crippen LogP contribution in [0.15, 0.2) is 47.5 Å². The maximum Gasteiger partial charge on any atom is 0.332 e. The van der Waals surface area contributed by atoms with E-state index >= 15 is 0 Å². The third-order valence-corrected chi connectivity index (χ3v) is 5.80. The van der Waals surface area contributed by atoms with Crippen LogP contribution in [-0.4, -0.2) is 56.8 Å². The monoisotopic (exact) mass is 422 g/mol. The van der Waals surface area contributed by atoms with Crippen molar-refractivity contribution in [3.8, 4) is 5.13 Å². The van der Waals surface area contributed by atoms with Crippen molar-refractivity contribution < 1.29 is 4.79 Å². The lowest BCUT2D eigenvalue weighted by Gasteiger charge is -2.30. The molecule has 4 aromatic rings. The Hall–Kier alpha value is -3.57. The van der Waals surface area contributed by atoms with E-state index in [1.54, 1.807) is 12.4 Å². The van der Waals surface area contributed by atoms with Gasteiger partial charge in [-0.05, 0) is 18.2 Å². The van der Waals surface area contributed by atoms with E-state index in [0.29, 0.717) is 21.9 Å². The van der Waals surface area contributed by atoms with Crippen molar-refractivity contribution in [2.45, 2.75) is 0 Å². The van der Waals surface area contributed by atoms with E-state index in [2.05, 4.69) is 35.7 Å². The highest BCUT2D eigenvalue weighted by Gasteiger charge is 2.20. The fourth-order valence-corrected chi connectivity index (χ4v) is 4.24. The summed E-state index contributed by atoms with van der Waals surface area (Å²) in [4.78, 5) is 34.3. The van der Waals surface area contributed by atoms with Gasteiger partial charge < -0.3 is 20.5 Å². The van der Waals surface area contributed by atoms with Gasteiger partial charge in [0.05, 0.1) is 28.6 Å². The van der Waals surface area contributed by atoms with Crippen LogP contribution in [0.4, 0.5) is 11.4 Å². The summed E-state index contributed by atoms with van der Waals surface area (Å²) in [6, 6.07) is 9.18. The number of rotatable bonds is 4. The number of hydrogen-bond acceptors (Lipinski definition) is 8. The number of benzene rings is 1.